The Bertz CT molecular complexity index is 587. The molecule has 0 spiro atoms. The fourth-order valence-corrected chi connectivity index (χ4v) is 5.34. The highest BCUT2D eigenvalue weighted by Crippen LogP contribution is 2.38. The Kier molecular flexibility index (Phi) is 19.0. The molecule has 0 saturated carbocycles. The van der Waals surface area contributed by atoms with E-state index in [1.54, 1.807) is 0 Å². The van der Waals surface area contributed by atoms with E-state index in [-0.39, 0.29) is 12.2 Å². The van der Waals surface area contributed by atoms with E-state index in [2.05, 4.69) is 20.8 Å². The average molecular weight is 497 g/mol. The second-order valence-corrected chi connectivity index (χ2v) is 10.8. The molecule has 0 amide bonds. The number of hydrogen-bond donors (Lipinski definition) is 2. The summed E-state index contributed by atoms with van der Waals surface area (Å²) in [6, 6.07) is 0. The first kappa shape index (κ1) is 33.6. The molecule has 5 heteroatoms. The van der Waals surface area contributed by atoms with Gasteiger partial charge in [-0.05, 0) is 38.5 Å². The molecule has 0 aromatic rings. The molecule has 0 aliphatic rings. The molecular formula is C30H56O5. The number of hydrogen-bond acceptors (Lipinski definition) is 3. The lowest BCUT2D eigenvalue weighted by Gasteiger charge is -2.30. The molecule has 5 nitrogen and oxygen atoms in total. The maximum absolute atomic E-state index is 13.2. The highest BCUT2D eigenvalue weighted by molar-refractivity contribution is 6.03. The second-order valence-electron chi connectivity index (χ2n) is 10.8. The zero-order valence-corrected chi connectivity index (χ0v) is 23.5. The van der Waals surface area contributed by atoms with Gasteiger partial charge < -0.3 is 10.2 Å². The molecule has 2 N–H and O–H groups in total. The Morgan fingerprint density at radius 3 is 1.34 bits per heavy atom. The van der Waals surface area contributed by atoms with Crippen LogP contribution in [0.25, 0.3) is 0 Å². The van der Waals surface area contributed by atoms with Crippen molar-refractivity contribution in [1.82, 2.24) is 0 Å². The molecule has 0 saturated heterocycles. The topological polar surface area (TPSA) is 91.7 Å². The van der Waals surface area contributed by atoms with Crippen molar-refractivity contribution in [3.05, 3.63) is 0 Å². The third-order valence-electron chi connectivity index (χ3n) is 7.89. The third-order valence-corrected chi connectivity index (χ3v) is 7.89. The van der Waals surface area contributed by atoms with Gasteiger partial charge in [-0.3, -0.25) is 14.4 Å². The number of Topliss-reactive ketones (excluding diaryl/α,β-unsaturated/α-hetero) is 1. The molecule has 2 atom stereocenters. The highest BCUT2D eigenvalue weighted by atomic mass is 16.4. The second kappa shape index (κ2) is 19.8. The van der Waals surface area contributed by atoms with Crippen LogP contribution in [-0.2, 0) is 14.4 Å². The number of carbonyl (C=O) groups is 3. The lowest BCUT2D eigenvalue weighted by Crippen LogP contribution is -2.39. The van der Waals surface area contributed by atoms with Gasteiger partial charge in [-0.25, -0.2) is 0 Å². The molecule has 2 unspecified atom stereocenters. The van der Waals surface area contributed by atoms with Crippen molar-refractivity contribution in [3.63, 3.8) is 0 Å². The summed E-state index contributed by atoms with van der Waals surface area (Å²) in [6.45, 7) is 8.42. The van der Waals surface area contributed by atoms with Crippen LogP contribution >= 0.6 is 0 Å². The van der Waals surface area contributed by atoms with Crippen molar-refractivity contribution in [2.75, 3.05) is 0 Å². The zero-order valence-electron chi connectivity index (χ0n) is 23.5. The van der Waals surface area contributed by atoms with Crippen LogP contribution in [0.3, 0.4) is 0 Å². The molecule has 0 aromatic heterocycles. The summed E-state index contributed by atoms with van der Waals surface area (Å²) in [5.41, 5.74) is -1.89. The van der Waals surface area contributed by atoms with Crippen molar-refractivity contribution in [2.24, 2.45) is 10.8 Å². The first-order chi connectivity index (χ1) is 16.8. The smallest absolute Gasteiger partial charge is 0.317 e. The molecule has 206 valence electrons. The number of carboxylic acids is 2. The minimum atomic E-state index is -1.24. The Morgan fingerprint density at radius 2 is 0.886 bits per heavy atom. The van der Waals surface area contributed by atoms with Gasteiger partial charge >= 0.3 is 11.9 Å². The average Bonchev–Trinajstić information content (AvgIpc) is 2.83. The predicted octanol–water partition coefficient (Wildman–Crippen LogP) is 8.97. The van der Waals surface area contributed by atoms with Gasteiger partial charge in [0.05, 0.1) is 5.41 Å². The number of carbonyl (C=O) groups excluding carboxylic acids is 1. The fourth-order valence-electron chi connectivity index (χ4n) is 5.34. The zero-order chi connectivity index (χ0) is 26.6. The van der Waals surface area contributed by atoms with Gasteiger partial charge in [0.2, 0.25) is 0 Å². The van der Waals surface area contributed by atoms with E-state index in [0.29, 0.717) is 25.7 Å². The molecule has 0 aliphatic carbocycles. The standard InChI is InChI=1S/C30H56O5/c1-5-9-13-17-22-29(27(32)33,21-11-7-3)23-18-15-16-20-26(31)30(28(34)35,24-12-8-4)25-19-14-10-6-2/h5-25H2,1-4H3,(H,32,33)(H,34,35). The molecule has 0 aliphatic heterocycles. The van der Waals surface area contributed by atoms with E-state index < -0.39 is 22.8 Å². The SMILES string of the molecule is CCCCCCC(CCCC)(CCCCCC(=O)C(CCCC)(CCCCCC)C(=O)O)C(=O)O. The van der Waals surface area contributed by atoms with Crippen LogP contribution in [0, 0.1) is 10.8 Å². The van der Waals surface area contributed by atoms with Crippen LogP contribution in [0.15, 0.2) is 0 Å². The molecule has 35 heavy (non-hydrogen) atoms. The van der Waals surface area contributed by atoms with Crippen LogP contribution < -0.4 is 0 Å². The van der Waals surface area contributed by atoms with E-state index in [1.165, 1.54) is 0 Å². The third kappa shape index (κ3) is 12.4. The molecule has 0 rings (SSSR count). The summed E-state index contributed by atoms with van der Waals surface area (Å²) >= 11 is 0. The Balaban J connectivity index is 5.02. The van der Waals surface area contributed by atoms with Crippen LogP contribution in [0.4, 0.5) is 0 Å². The maximum atomic E-state index is 13.2. The quantitative estimate of drug-likeness (QED) is 0.0971. The predicted molar refractivity (Wildman–Crippen MR) is 145 cm³/mol. The fraction of sp³-hybridized carbons (Fsp3) is 0.900. The Hall–Kier alpha value is -1.39. The number of aliphatic carboxylic acids is 2. The lowest BCUT2D eigenvalue weighted by molar-refractivity contribution is -0.156. The molecule has 0 heterocycles. The highest BCUT2D eigenvalue weighted by Gasteiger charge is 2.44. The van der Waals surface area contributed by atoms with Crippen LogP contribution in [0.1, 0.15) is 163 Å². The largest absolute Gasteiger partial charge is 0.481 e. The Morgan fingerprint density at radius 1 is 0.486 bits per heavy atom. The van der Waals surface area contributed by atoms with Crippen molar-refractivity contribution in [2.45, 2.75) is 163 Å². The van der Waals surface area contributed by atoms with Crippen molar-refractivity contribution >= 4 is 17.7 Å². The number of ketones is 1. The molecule has 0 bridgehead atoms. The van der Waals surface area contributed by atoms with E-state index >= 15 is 0 Å². The van der Waals surface area contributed by atoms with Gasteiger partial charge in [-0.1, -0.05) is 118 Å². The minimum absolute atomic E-state index is 0.120. The molecule has 0 radical (unpaired) electrons. The molecule has 0 fully saturated rings. The summed E-state index contributed by atoms with van der Waals surface area (Å²) < 4.78 is 0. The van der Waals surface area contributed by atoms with Crippen molar-refractivity contribution in [1.29, 1.82) is 0 Å². The minimum Gasteiger partial charge on any atom is -0.481 e. The number of carboxylic acid groups (broad SMARTS) is 2. The van der Waals surface area contributed by atoms with E-state index in [0.717, 1.165) is 103 Å². The van der Waals surface area contributed by atoms with E-state index in [4.69, 9.17) is 0 Å². The number of rotatable bonds is 25. The van der Waals surface area contributed by atoms with Crippen molar-refractivity contribution in [3.8, 4) is 0 Å². The van der Waals surface area contributed by atoms with Gasteiger partial charge in [-0.15, -0.1) is 0 Å². The van der Waals surface area contributed by atoms with Gasteiger partial charge in [0, 0.05) is 6.42 Å². The normalized spacial score (nSPS) is 14.9. The lowest BCUT2D eigenvalue weighted by atomic mass is 9.72. The summed E-state index contributed by atoms with van der Waals surface area (Å²) in [6.07, 6.45) is 17.3. The number of unbranched alkanes of at least 4 members (excludes halogenated alkanes) is 10. The first-order valence-corrected chi connectivity index (χ1v) is 14.8. The Labute approximate surface area is 215 Å². The van der Waals surface area contributed by atoms with E-state index in [9.17, 15) is 24.6 Å². The van der Waals surface area contributed by atoms with Crippen LogP contribution in [0.2, 0.25) is 0 Å². The molecular weight excluding hydrogens is 440 g/mol. The molecule has 0 aromatic carbocycles. The summed E-state index contributed by atoms with van der Waals surface area (Å²) in [7, 11) is 0. The summed E-state index contributed by atoms with van der Waals surface area (Å²) in [4.78, 5) is 37.8. The van der Waals surface area contributed by atoms with Crippen LogP contribution in [-0.4, -0.2) is 27.9 Å². The van der Waals surface area contributed by atoms with Gasteiger partial charge in [0.1, 0.15) is 11.2 Å². The van der Waals surface area contributed by atoms with Gasteiger partial charge in [0.25, 0.3) is 0 Å². The van der Waals surface area contributed by atoms with E-state index in [1.807, 2.05) is 6.92 Å². The van der Waals surface area contributed by atoms with Gasteiger partial charge in [-0.2, -0.15) is 0 Å². The first-order valence-electron chi connectivity index (χ1n) is 14.8. The van der Waals surface area contributed by atoms with Gasteiger partial charge in [0.15, 0.2) is 0 Å². The van der Waals surface area contributed by atoms with Crippen LogP contribution in [0.5, 0.6) is 0 Å². The van der Waals surface area contributed by atoms with Crippen molar-refractivity contribution < 1.29 is 24.6 Å². The monoisotopic (exact) mass is 496 g/mol. The maximum Gasteiger partial charge on any atom is 0.317 e. The summed E-state index contributed by atoms with van der Waals surface area (Å²) in [5, 5.41) is 20.2. The summed E-state index contributed by atoms with van der Waals surface area (Å²) in [5.74, 6) is -1.75.